The predicted molar refractivity (Wildman–Crippen MR) is 122 cm³/mol. The van der Waals surface area contributed by atoms with Crippen LogP contribution >= 0.6 is 0 Å². The molecule has 3 nitrogen and oxygen atoms in total. The van der Waals surface area contributed by atoms with Gasteiger partial charge in [0.1, 0.15) is 6.10 Å². The van der Waals surface area contributed by atoms with Crippen LogP contribution in [0.2, 0.25) is 0 Å². The maximum absolute atomic E-state index is 12.8. The lowest BCUT2D eigenvalue weighted by Gasteiger charge is -2.64. The Kier molecular flexibility index (Phi) is 6.99. The third kappa shape index (κ3) is 4.18. The van der Waals surface area contributed by atoms with E-state index in [0.717, 1.165) is 51.4 Å². The lowest BCUT2D eigenvalue weighted by molar-refractivity contribution is -0.208. The van der Waals surface area contributed by atoms with Crippen LogP contribution in [0.3, 0.4) is 0 Å². The minimum Gasteiger partial charge on any atom is -0.393 e. The fourth-order valence-electron chi connectivity index (χ4n) is 9.72. The first kappa shape index (κ1) is 25.8. The molecule has 3 N–H and O–H groups in total. The summed E-state index contributed by atoms with van der Waals surface area (Å²) in [5.41, 5.74) is 0.200. The number of hydrogen-bond donors (Lipinski definition) is 3. The highest BCUT2D eigenvalue weighted by molar-refractivity contribution is 5.13. The number of aliphatic hydroxyl groups excluding tert-OH is 3. The van der Waals surface area contributed by atoms with E-state index >= 15 is 0 Å². The largest absolute Gasteiger partial charge is 0.414 e. The molecule has 12 atom stereocenters. The molecule has 0 heterocycles. The lowest BCUT2D eigenvalue weighted by Crippen LogP contribution is -2.62. The number of halogens is 3. The summed E-state index contributed by atoms with van der Waals surface area (Å²) in [5.74, 6) is 2.18. The summed E-state index contributed by atoms with van der Waals surface area (Å²) in [5, 5.41) is 31.6. The first-order valence-corrected chi connectivity index (χ1v) is 13.5. The molecular weight excluding hydrogens is 429 g/mol. The average Bonchev–Trinajstić information content (AvgIpc) is 3.10. The second kappa shape index (κ2) is 8.96. The second-order valence-corrected chi connectivity index (χ2v) is 12.7. The van der Waals surface area contributed by atoms with Crippen LogP contribution in [0.5, 0.6) is 0 Å². The van der Waals surface area contributed by atoms with E-state index in [4.69, 9.17) is 0 Å². The molecule has 0 saturated heterocycles. The molecule has 1 unspecified atom stereocenters. The van der Waals surface area contributed by atoms with Crippen molar-refractivity contribution in [3.8, 4) is 0 Å². The Bertz CT molecular complexity index is 699. The molecule has 0 radical (unpaired) electrons. The maximum atomic E-state index is 12.8. The number of rotatable bonds is 5. The van der Waals surface area contributed by atoms with Crippen LogP contribution in [0.25, 0.3) is 0 Å². The van der Waals surface area contributed by atoms with Crippen molar-refractivity contribution in [3.63, 3.8) is 0 Å². The third-order valence-electron chi connectivity index (χ3n) is 11.4. The third-order valence-corrected chi connectivity index (χ3v) is 11.4. The molecule has 0 amide bonds. The second-order valence-electron chi connectivity index (χ2n) is 12.7. The normalized spacial score (nSPS) is 49.6. The van der Waals surface area contributed by atoms with Crippen molar-refractivity contribution in [2.45, 2.75) is 116 Å². The zero-order valence-electron chi connectivity index (χ0n) is 20.8. The van der Waals surface area contributed by atoms with Crippen LogP contribution in [-0.2, 0) is 0 Å². The SMILES string of the molecule is CC[C@H]1[C@@H](O)[C@@H]2[C@H](CC[C@]3(C)[C@@H]([C@H](C)CCC(O)C(F)(F)F)CC[C@@H]23)[C@@]2(C)CC[C@@H](O)C[C@@H]12. The van der Waals surface area contributed by atoms with Crippen molar-refractivity contribution < 1.29 is 28.5 Å². The summed E-state index contributed by atoms with van der Waals surface area (Å²) in [6, 6.07) is 0. The molecule has 4 saturated carbocycles. The van der Waals surface area contributed by atoms with Crippen LogP contribution in [-0.4, -0.2) is 39.8 Å². The highest BCUT2D eigenvalue weighted by Gasteiger charge is 2.64. The fourth-order valence-corrected chi connectivity index (χ4v) is 9.72. The number of alkyl halides is 3. The Morgan fingerprint density at radius 3 is 2.18 bits per heavy atom. The Balaban J connectivity index is 1.55. The van der Waals surface area contributed by atoms with E-state index in [9.17, 15) is 28.5 Å². The van der Waals surface area contributed by atoms with Crippen LogP contribution < -0.4 is 0 Å². The molecule has 33 heavy (non-hydrogen) atoms. The van der Waals surface area contributed by atoms with Gasteiger partial charge in [-0.25, -0.2) is 0 Å². The van der Waals surface area contributed by atoms with Crippen LogP contribution in [0.1, 0.15) is 91.9 Å². The molecule has 0 bridgehead atoms. The maximum Gasteiger partial charge on any atom is 0.414 e. The van der Waals surface area contributed by atoms with Crippen molar-refractivity contribution in [2.24, 2.45) is 52.3 Å². The first-order chi connectivity index (χ1) is 15.3. The van der Waals surface area contributed by atoms with Crippen molar-refractivity contribution in [1.29, 1.82) is 0 Å². The molecular formula is C27H45F3O3. The Morgan fingerprint density at radius 2 is 1.55 bits per heavy atom. The molecule has 0 aromatic heterocycles. The summed E-state index contributed by atoms with van der Waals surface area (Å²) in [4.78, 5) is 0. The van der Waals surface area contributed by atoms with Gasteiger partial charge in [0, 0.05) is 0 Å². The van der Waals surface area contributed by atoms with Gasteiger partial charge in [-0.05, 0) is 110 Å². The Labute approximate surface area is 197 Å². The van der Waals surface area contributed by atoms with Crippen LogP contribution in [0.15, 0.2) is 0 Å². The number of hydrogen-bond acceptors (Lipinski definition) is 3. The van der Waals surface area contributed by atoms with E-state index in [1.807, 2.05) is 0 Å². The molecule has 4 rings (SSSR count). The molecule has 192 valence electrons. The van der Waals surface area contributed by atoms with Gasteiger partial charge >= 0.3 is 6.18 Å². The summed E-state index contributed by atoms with van der Waals surface area (Å²) in [6.07, 6.45) is 0.602. The molecule has 4 fully saturated rings. The van der Waals surface area contributed by atoms with Crippen LogP contribution in [0, 0.1) is 52.3 Å². The lowest BCUT2D eigenvalue weighted by atomic mass is 9.41. The summed E-state index contributed by atoms with van der Waals surface area (Å²) in [6.45, 7) is 9.00. The average molecular weight is 475 g/mol. The molecule has 0 spiro atoms. The van der Waals surface area contributed by atoms with Gasteiger partial charge in [-0.15, -0.1) is 0 Å². The van der Waals surface area contributed by atoms with Gasteiger partial charge in [-0.2, -0.15) is 13.2 Å². The van der Waals surface area contributed by atoms with Gasteiger partial charge in [0.2, 0.25) is 0 Å². The fraction of sp³-hybridized carbons (Fsp3) is 1.00. The Hall–Kier alpha value is -0.330. The standard InChI is InChI=1S/C27H45F3O3/c1-5-17-21-14-16(31)10-12-26(21,4)20-11-13-25(3)18(7-8-19(25)23(20)24(17)33)15(2)6-9-22(32)27(28,29)30/h15-24,31-33H,5-14H2,1-4H3/t15-,16-,17-,18-,19+,20+,21+,22?,23+,24-,25-,26-/m1/s1. The highest BCUT2D eigenvalue weighted by Crippen LogP contribution is 2.69. The van der Waals surface area contributed by atoms with E-state index in [1.165, 1.54) is 0 Å². The van der Waals surface area contributed by atoms with Gasteiger partial charge in [0.25, 0.3) is 0 Å². The summed E-state index contributed by atoms with van der Waals surface area (Å²) < 4.78 is 38.5. The quantitative estimate of drug-likeness (QED) is 0.461. The van der Waals surface area contributed by atoms with Gasteiger partial charge in [0.05, 0.1) is 12.2 Å². The summed E-state index contributed by atoms with van der Waals surface area (Å²) >= 11 is 0. The van der Waals surface area contributed by atoms with Gasteiger partial charge in [0.15, 0.2) is 0 Å². The highest BCUT2D eigenvalue weighted by atomic mass is 19.4. The molecule has 0 aromatic carbocycles. The predicted octanol–water partition coefficient (Wildman–Crippen LogP) is 5.95. The number of fused-ring (bicyclic) bond motifs is 5. The topological polar surface area (TPSA) is 60.7 Å². The van der Waals surface area contributed by atoms with E-state index in [0.29, 0.717) is 30.1 Å². The van der Waals surface area contributed by atoms with E-state index in [2.05, 4.69) is 27.7 Å². The van der Waals surface area contributed by atoms with E-state index in [-0.39, 0.29) is 47.2 Å². The number of aliphatic hydroxyl groups is 3. The van der Waals surface area contributed by atoms with Gasteiger partial charge < -0.3 is 15.3 Å². The van der Waals surface area contributed by atoms with Crippen LogP contribution in [0.4, 0.5) is 13.2 Å². The summed E-state index contributed by atoms with van der Waals surface area (Å²) in [7, 11) is 0. The van der Waals surface area contributed by atoms with Crippen molar-refractivity contribution in [2.75, 3.05) is 0 Å². The Morgan fingerprint density at radius 1 is 0.909 bits per heavy atom. The van der Waals surface area contributed by atoms with E-state index in [1.54, 1.807) is 0 Å². The first-order valence-electron chi connectivity index (χ1n) is 13.5. The molecule has 4 aliphatic rings. The minimum absolute atomic E-state index is 0.0421. The zero-order valence-corrected chi connectivity index (χ0v) is 20.8. The van der Waals surface area contributed by atoms with Crippen molar-refractivity contribution in [1.82, 2.24) is 0 Å². The molecule has 4 aliphatic carbocycles. The smallest absolute Gasteiger partial charge is 0.393 e. The molecule has 6 heteroatoms. The van der Waals surface area contributed by atoms with Gasteiger partial charge in [-0.3, -0.25) is 0 Å². The monoisotopic (exact) mass is 474 g/mol. The minimum atomic E-state index is -4.54. The van der Waals surface area contributed by atoms with Crippen molar-refractivity contribution in [3.05, 3.63) is 0 Å². The van der Waals surface area contributed by atoms with E-state index < -0.39 is 12.3 Å². The van der Waals surface area contributed by atoms with Crippen molar-refractivity contribution >= 4 is 0 Å². The molecule has 0 aromatic rings. The molecule has 0 aliphatic heterocycles. The zero-order chi connectivity index (χ0) is 24.3. The van der Waals surface area contributed by atoms with Gasteiger partial charge in [-0.1, -0.05) is 34.1 Å².